The summed E-state index contributed by atoms with van der Waals surface area (Å²) in [6.45, 7) is 1.63. The fraction of sp³-hybridized carbons (Fsp3) is 0.167. The molecule has 7 nitrogen and oxygen atoms in total. The lowest BCUT2D eigenvalue weighted by atomic mass is 10.1. The molecule has 0 bridgehead atoms. The molecule has 0 saturated heterocycles. The van der Waals surface area contributed by atoms with Gasteiger partial charge < -0.3 is 9.67 Å². The van der Waals surface area contributed by atoms with Gasteiger partial charge in [0.2, 0.25) is 0 Å². The molecular formula is C12H13N3O4S. The summed E-state index contributed by atoms with van der Waals surface area (Å²) < 4.78 is 28.1. The van der Waals surface area contributed by atoms with Crippen LogP contribution in [0.25, 0.3) is 0 Å². The SMILES string of the molecule is Cc1cc(C(=O)O)ccc1NS(=O)(=O)c1cn(C)cn1. The molecule has 2 rings (SSSR count). The Bertz CT molecular complexity index is 765. The third kappa shape index (κ3) is 2.80. The van der Waals surface area contributed by atoms with Crippen LogP contribution in [0.3, 0.4) is 0 Å². The molecule has 2 aromatic rings. The van der Waals surface area contributed by atoms with Crippen molar-refractivity contribution in [3.8, 4) is 0 Å². The molecular weight excluding hydrogens is 282 g/mol. The Morgan fingerprint density at radius 2 is 2.10 bits per heavy atom. The van der Waals surface area contributed by atoms with Gasteiger partial charge in [0, 0.05) is 13.2 Å². The maximum atomic E-state index is 12.1. The summed E-state index contributed by atoms with van der Waals surface area (Å²) in [5.74, 6) is -1.06. The highest BCUT2D eigenvalue weighted by molar-refractivity contribution is 7.92. The van der Waals surface area contributed by atoms with Crippen molar-refractivity contribution in [1.29, 1.82) is 0 Å². The molecule has 8 heteroatoms. The molecule has 0 atom stereocenters. The van der Waals surface area contributed by atoms with Crippen LogP contribution in [-0.4, -0.2) is 29.0 Å². The Morgan fingerprint density at radius 1 is 1.40 bits per heavy atom. The van der Waals surface area contributed by atoms with E-state index >= 15 is 0 Å². The van der Waals surface area contributed by atoms with Crippen LogP contribution in [0.1, 0.15) is 15.9 Å². The summed E-state index contributed by atoms with van der Waals surface area (Å²) in [7, 11) is -2.11. The van der Waals surface area contributed by atoms with Gasteiger partial charge in [0.1, 0.15) is 0 Å². The second-order valence-electron chi connectivity index (χ2n) is 4.32. The van der Waals surface area contributed by atoms with Crippen molar-refractivity contribution in [2.45, 2.75) is 11.9 Å². The second-order valence-corrected chi connectivity index (χ2v) is 5.95. The number of carbonyl (C=O) groups is 1. The van der Waals surface area contributed by atoms with Gasteiger partial charge in [-0.1, -0.05) is 0 Å². The van der Waals surface area contributed by atoms with Gasteiger partial charge in [0.05, 0.1) is 17.6 Å². The Kier molecular flexibility index (Phi) is 3.49. The fourth-order valence-corrected chi connectivity index (χ4v) is 2.75. The van der Waals surface area contributed by atoms with E-state index in [-0.39, 0.29) is 10.6 Å². The van der Waals surface area contributed by atoms with Crippen LogP contribution < -0.4 is 4.72 Å². The van der Waals surface area contributed by atoms with E-state index in [0.29, 0.717) is 11.3 Å². The Labute approximate surface area is 115 Å². The van der Waals surface area contributed by atoms with Gasteiger partial charge in [-0.25, -0.2) is 9.78 Å². The van der Waals surface area contributed by atoms with Crippen molar-refractivity contribution >= 4 is 21.7 Å². The number of imidazole rings is 1. The van der Waals surface area contributed by atoms with Gasteiger partial charge in [0.15, 0.2) is 5.03 Å². The number of rotatable bonds is 4. The largest absolute Gasteiger partial charge is 0.478 e. The number of aromatic carboxylic acids is 1. The van der Waals surface area contributed by atoms with E-state index in [1.807, 2.05) is 0 Å². The number of benzene rings is 1. The lowest BCUT2D eigenvalue weighted by molar-refractivity contribution is 0.0697. The maximum absolute atomic E-state index is 12.1. The summed E-state index contributed by atoms with van der Waals surface area (Å²) in [6.07, 6.45) is 2.76. The van der Waals surface area contributed by atoms with E-state index < -0.39 is 16.0 Å². The molecule has 0 aliphatic heterocycles. The number of aryl methyl sites for hydroxylation is 2. The molecule has 1 aromatic carbocycles. The minimum Gasteiger partial charge on any atom is -0.478 e. The highest BCUT2D eigenvalue weighted by Gasteiger charge is 2.18. The molecule has 20 heavy (non-hydrogen) atoms. The molecule has 0 saturated carbocycles. The number of anilines is 1. The van der Waals surface area contributed by atoms with Crippen LogP contribution in [0.4, 0.5) is 5.69 Å². The van der Waals surface area contributed by atoms with E-state index in [1.54, 1.807) is 14.0 Å². The van der Waals surface area contributed by atoms with E-state index in [1.165, 1.54) is 35.3 Å². The average Bonchev–Trinajstić information content (AvgIpc) is 2.79. The molecule has 0 aliphatic carbocycles. The zero-order valence-electron chi connectivity index (χ0n) is 10.9. The minimum absolute atomic E-state index is 0.0956. The molecule has 0 radical (unpaired) electrons. The standard InChI is InChI=1S/C12H13N3O4S/c1-8-5-9(12(16)17)3-4-10(8)14-20(18,19)11-6-15(2)7-13-11/h3-7,14H,1-2H3,(H,16,17). The van der Waals surface area contributed by atoms with E-state index in [0.717, 1.165) is 0 Å². The molecule has 0 aliphatic rings. The Balaban J connectivity index is 2.32. The normalized spacial score (nSPS) is 11.3. The predicted molar refractivity (Wildman–Crippen MR) is 72.2 cm³/mol. The first-order chi connectivity index (χ1) is 9.29. The third-order valence-corrected chi connectivity index (χ3v) is 3.92. The van der Waals surface area contributed by atoms with Crippen LogP contribution >= 0.6 is 0 Å². The maximum Gasteiger partial charge on any atom is 0.335 e. The first kappa shape index (κ1) is 14.1. The van der Waals surface area contributed by atoms with Crippen molar-refractivity contribution in [1.82, 2.24) is 9.55 Å². The van der Waals surface area contributed by atoms with Crippen molar-refractivity contribution in [2.24, 2.45) is 7.05 Å². The molecule has 106 valence electrons. The number of carboxylic acid groups (broad SMARTS) is 1. The van der Waals surface area contributed by atoms with Crippen LogP contribution in [-0.2, 0) is 17.1 Å². The monoisotopic (exact) mass is 295 g/mol. The molecule has 0 fully saturated rings. The molecule has 2 N–H and O–H groups in total. The third-order valence-electron chi connectivity index (χ3n) is 2.67. The van der Waals surface area contributed by atoms with Crippen molar-refractivity contribution in [2.75, 3.05) is 4.72 Å². The predicted octanol–water partition coefficient (Wildman–Crippen LogP) is 1.23. The molecule has 0 unspecified atom stereocenters. The summed E-state index contributed by atoms with van der Waals surface area (Å²) in [6, 6.07) is 4.16. The van der Waals surface area contributed by atoms with Crippen molar-refractivity contribution < 1.29 is 18.3 Å². The topological polar surface area (TPSA) is 101 Å². The summed E-state index contributed by atoms with van der Waals surface area (Å²) in [4.78, 5) is 14.6. The lowest BCUT2D eigenvalue weighted by Crippen LogP contribution is -2.14. The zero-order chi connectivity index (χ0) is 14.9. The van der Waals surface area contributed by atoms with E-state index in [4.69, 9.17) is 5.11 Å². The zero-order valence-corrected chi connectivity index (χ0v) is 11.7. The first-order valence-electron chi connectivity index (χ1n) is 5.64. The Morgan fingerprint density at radius 3 is 2.60 bits per heavy atom. The fourth-order valence-electron chi connectivity index (χ4n) is 1.64. The number of carboxylic acids is 1. The molecule has 1 aromatic heterocycles. The number of nitrogens with one attached hydrogen (secondary N) is 1. The number of nitrogens with zero attached hydrogens (tertiary/aromatic N) is 2. The van der Waals surface area contributed by atoms with Gasteiger partial charge in [-0.05, 0) is 30.7 Å². The number of sulfonamides is 1. The van der Waals surface area contributed by atoms with Crippen molar-refractivity contribution in [3.63, 3.8) is 0 Å². The molecule has 0 amide bonds. The van der Waals surface area contributed by atoms with Gasteiger partial charge in [-0.15, -0.1) is 0 Å². The number of hydrogen-bond donors (Lipinski definition) is 2. The van der Waals surface area contributed by atoms with Gasteiger partial charge >= 0.3 is 5.97 Å². The number of aromatic nitrogens is 2. The summed E-state index contributed by atoms with van der Waals surface area (Å²) in [5, 5.41) is 8.77. The van der Waals surface area contributed by atoms with Crippen LogP contribution in [0.5, 0.6) is 0 Å². The molecule has 0 spiro atoms. The highest BCUT2D eigenvalue weighted by atomic mass is 32.2. The van der Waals surface area contributed by atoms with Gasteiger partial charge in [-0.3, -0.25) is 4.72 Å². The molecule has 1 heterocycles. The van der Waals surface area contributed by atoms with Gasteiger partial charge in [-0.2, -0.15) is 8.42 Å². The highest BCUT2D eigenvalue weighted by Crippen LogP contribution is 2.20. The average molecular weight is 295 g/mol. The lowest BCUT2D eigenvalue weighted by Gasteiger charge is -2.09. The van der Waals surface area contributed by atoms with E-state index in [2.05, 4.69) is 9.71 Å². The quantitative estimate of drug-likeness (QED) is 0.883. The van der Waals surface area contributed by atoms with E-state index in [9.17, 15) is 13.2 Å². The second kappa shape index (κ2) is 4.97. The van der Waals surface area contributed by atoms with Crippen LogP contribution in [0.15, 0.2) is 35.7 Å². The van der Waals surface area contributed by atoms with Crippen molar-refractivity contribution in [3.05, 3.63) is 41.9 Å². The summed E-state index contributed by atoms with van der Waals surface area (Å²) >= 11 is 0. The number of hydrogen-bond acceptors (Lipinski definition) is 4. The van der Waals surface area contributed by atoms with Gasteiger partial charge in [0.25, 0.3) is 10.0 Å². The smallest absolute Gasteiger partial charge is 0.335 e. The Hall–Kier alpha value is -2.35. The summed E-state index contributed by atoms with van der Waals surface area (Å²) in [5.41, 5.74) is 0.938. The van der Waals surface area contributed by atoms with Crippen LogP contribution in [0.2, 0.25) is 0 Å². The van der Waals surface area contributed by atoms with Crippen LogP contribution in [0, 0.1) is 6.92 Å². The minimum atomic E-state index is -3.78. The first-order valence-corrected chi connectivity index (χ1v) is 7.12.